The fourth-order valence-electron chi connectivity index (χ4n) is 4.93. The Morgan fingerprint density at radius 1 is 0.895 bits per heavy atom. The van der Waals surface area contributed by atoms with Crippen LogP contribution in [0.25, 0.3) is 0 Å². The number of para-hydroxylation sites is 1. The number of benzene rings is 3. The lowest BCUT2D eigenvalue weighted by Gasteiger charge is -2.33. The van der Waals surface area contributed by atoms with Gasteiger partial charge in [-0.1, -0.05) is 54.6 Å². The first-order valence-electron chi connectivity index (χ1n) is 13.0. The van der Waals surface area contributed by atoms with Crippen LogP contribution in [-0.4, -0.2) is 48.1 Å². The van der Waals surface area contributed by atoms with E-state index in [9.17, 15) is 13.2 Å². The maximum atomic E-state index is 13.3. The minimum atomic E-state index is -2.56. The molecule has 0 aliphatic carbocycles. The Morgan fingerprint density at radius 2 is 1.61 bits per heavy atom. The molecular formula is C30H31F3N4S. The van der Waals surface area contributed by atoms with Crippen molar-refractivity contribution in [2.45, 2.75) is 38.2 Å². The van der Waals surface area contributed by atoms with E-state index in [0.29, 0.717) is 11.6 Å². The lowest BCUT2D eigenvalue weighted by atomic mass is 9.89. The van der Waals surface area contributed by atoms with Crippen molar-refractivity contribution in [3.8, 4) is 0 Å². The van der Waals surface area contributed by atoms with Crippen LogP contribution in [0.4, 0.5) is 18.9 Å². The molecule has 0 radical (unpaired) electrons. The molecule has 4 nitrogen and oxygen atoms in total. The van der Waals surface area contributed by atoms with Crippen LogP contribution in [-0.2, 0) is 6.54 Å². The zero-order valence-electron chi connectivity index (χ0n) is 21.1. The molecule has 0 N–H and O–H groups in total. The fourth-order valence-corrected chi connectivity index (χ4v) is 6.00. The molecule has 0 unspecified atom stereocenters. The number of likely N-dealkylation sites (tertiary alicyclic amines) is 1. The summed E-state index contributed by atoms with van der Waals surface area (Å²) in [6.45, 7) is 3.84. The highest BCUT2D eigenvalue weighted by Gasteiger charge is 2.22. The molecule has 0 atom stereocenters. The molecule has 0 spiro atoms. The first-order chi connectivity index (χ1) is 18.5. The second kappa shape index (κ2) is 12.6. The molecule has 0 amide bonds. The Kier molecular flexibility index (Phi) is 8.81. The van der Waals surface area contributed by atoms with Gasteiger partial charge in [0.05, 0.1) is 12.3 Å². The Labute approximate surface area is 226 Å². The van der Waals surface area contributed by atoms with Crippen LogP contribution in [0.3, 0.4) is 0 Å². The monoisotopic (exact) mass is 536 g/mol. The Morgan fingerprint density at radius 3 is 2.26 bits per heavy atom. The second-order valence-corrected chi connectivity index (χ2v) is 10.8. The lowest BCUT2D eigenvalue weighted by molar-refractivity contribution is 0.224. The van der Waals surface area contributed by atoms with Crippen LogP contribution in [0.15, 0.2) is 89.1 Å². The molecule has 5 rings (SSSR count). The van der Waals surface area contributed by atoms with Crippen molar-refractivity contribution in [3.63, 3.8) is 0 Å². The average Bonchev–Trinajstić information content (AvgIpc) is 3.45. The molecule has 0 saturated carbocycles. The predicted octanol–water partition coefficient (Wildman–Crippen LogP) is 7.17. The highest BCUT2D eigenvalue weighted by atomic mass is 32.2. The molecule has 2 aliphatic heterocycles. The van der Waals surface area contributed by atoms with Crippen LogP contribution < -0.4 is 4.31 Å². The van der Waals surface area contributed by atoms with Gasteiger partial charge in [0.15, 0.2) is 0 Å². The summed E-state index contributed by atoms with van der Waals surface area (Å²) in [5, 5.41) is 7.57. The highest BCUT2D eigenvalue weighted by Crippen LogP contribution is 2.29. The molecule has 1 saturated heterocycles. The average molecular weight is 537 g/mol. The third-order valence-corrected chi connectivity index (χ3v) is 8.16. The van der Waals surface area contributed by atoms with E-state index in [0.717, 1.165) is 61.6 Å². The maximum Gasteiger partial charge on any atom is 0.278 e. The van der Waals surface area contributed by atoms with Crippen molar-refractivity contribution in [1.29, 1.82) is 0 Å². The smallest absolute Gasteiger partial charge is 0.278 e. The van der Waals surface area contributed by atoms with Crippen molar-refractivity contribution < 1.29 is 13.2 Å². The SMILES string of the molecule is Fc1ccc(C2CCN(CCSN(Cc3ccc(C4=NN=C(C(F)F)C4)cc3)c3ccccc3)CC2)cc1. The lowest BCUT2D eigenvalue weighted by Crippen LogP contribution is -2.35. The molecule has 0 aromatic heterocycles. The molecule has 3 aromatic carbocycles. The first kappa shape index (κ1) is 26.5. The zero-order chi connectivity index (χ0) is 26.3. The molecule has 3 aromatic rings. The van der Waals surface area contributed by atoms with Crippen LogP contribution in [0.5, 0.6) is 0 Å². The number of hydrogen-bond acceptors (Lipinski definition) is 5. The number of alkyl halides is 2. The largest absolute Gasteiger partial charge is 0.312 e. The van der Waals surface area contributed by atoms with Crippen LogP contribution in [0, 0.1) is 5.82 Å². The molecule has 198 valence electrons. The number of halogens is 3. The molecule has 38 heavy (non-hydrogen) atoms. The molecule has 0 bridgehead atoms. The van der Waals surface area contributed by atoms with E-state index in [1.165, 1.54) is 5.56 Å². The number of rotatable bonds is 10. The first-order valence-corrected chi connectivity index (χ1v) is 13.9. The van der Waals surface area contributed by atoms with Crippen molar-refractivity contribution >= 4 is 29.1 Å². The van der Waals surface area contributed by atoms with Gasteiger partial charge < -0.3 is 9.21 Å². The summed E-state index contributed by atoms with van der Waals surface area (Å²) >= 11 is 1.82. The minimum Gasteiger partial charge on any atom is -0.312 e. The summed E-state index contributed by atoms with van der Waals surface area (Å²) in [5.41, 5.74) is 4.77. The van der Waals surface area contributed by atoms with E-state index in [1.807, 2.05) is 66.5 Å². The van der Waals surface area contributed by atoms with Crippen LogP contribution in [0.1, 0.15) is 41.9 Å². The van der Waals surface area contributed by atoms with Gasteiger partial charge in [-0.2, -0.15) is 10.2 Å². The number of piperidine rings is 1. The second-order valence-electron chi connectivity index (χ2n) is 9.69. The molecule has 1 fully saturated rings. The Bertz CT molecular complexity index is 1240. The summed E-state index contributed by atoms with van der Waals surface area (Å²) in [6.07, 6.45) is -0.266. The fraction of sp³-hybridized carbons (Fsp3) is 0.333. The predicted molar refractivity (Wildman–Crippen MR) is 151 cm³/mol. The van der Waals surface area contributed by atoms with Crippen molar-refractivity contribution in [1.82, 2.24) is 4.90 Å². The van der Waals surface area contributed by atoms with Crippen molar-refractivity contribution in [3.05, 3.63) is 101 Å². The summed E-state index contributed by atoms with van der Waals surface area (Å²) in [4.78, 5) is 2.52. The molecule has 2 heterocycles. The minimum absolute atomic E-state index is 0.101. The third-order valence-electron chi connectivity index (χ3n) is 7.14. The Balaban J connectivity index is 1.14. The van der Waals surface area contributed by atoms with E-state index in [2.05, 4.69) is 31.5 Å². The van der Waals surface area contributed by atoms with Gasteiger partial charge in [-0.3, -0.25) is 0 Å². The topological polar surface area (TPSA) is 31.2 Å². The van der Waals surface area contributed by atoms with E-state index < -0.39 is 6.43 Å². The summed E-state index contributed by atoms with van der Waals surface area (Å²) in [6, 6.07) is 25.3. The van der Waals surface area contributed by atoms with E-state index in [-0.39, 0.29) is 17.9 Å². The van der Waals surface area contributed by atoms with Gasteiger partial charge in [0.2, 0.25) is 0 Å². The van der Waals surface area contributed by atoms with Gasteiger partial charge in [0, 0.05) is 24.4 Å². The maximum absolute atomic E-state index is 13.3. The van der Waals surface area contributed by atoms with Crippen LogP contribution in [0.2, 0.25) is 0 Å². The summed E-state index contributed by atoms with van der Waals surface area (Å²) in [5.74, 6) is 1.30. The number of hydrogen-bond donors (Lipinski definition) is 0. The van der Waals surface area contributed by atoms with Gasteiger partial charge in [-0.25, -0.2) is 13.2 Å². The highest BCUT2D eigenvalue weighted by molar-refractivity contribution is 8.00. The summed E-state index contributed by atoms with van der Waals surface area (Å²) < 4.78 is 41.3. The van der Waals surface area contributed by atoms with Gasteiger partial charge in [0.1, 0.15) is 11.5 Å². The number of nitrogens with zero attached hydrogens (tertiary/aromatic N) is 4. The van der Waals surface area contributed by atoms with Gasteiger partial charge in [0.25, 0.3) is 6.43 Å². The summed E-state index contributed by atoms with van der Waals surface area (Å²) in [7, 11) is 0. The third kappa shape index (κ3) is 6.85. The quantitative estimate of drug-likeness (QED) is 0.257. The molecule has 8 heteroatoms. The van der Waals surface area contributed by atoms with Gasteiger partial charge in [-0.15, -0.1) is 0 Å². The van der Waals surface area contributed by atoms with Gasteiger partial charge >= 0.3 is 0 Å². The zero-order valence-corrected chi connectivity index (χ0v) is 22.0. The van der Waals surface area contributed by atoms with Gasteiger partial charge in [-0.05, 0) is 84.8 Å². The molecule has 2 aliphatic rings. The standard InChI is InChI=1S/C30H31F3N4S/c31-26-12-10-23(11-13-26)24-14-16-36(17-15-24)18-19-38-37(27-4-2-1-3-5-27)21-22-6-8-25(9-7-22)28-20-29(30(32)33)35-34-28/h1-13,24,30H,14-21H2. The molecular weight excluding hydrogens is 505 g/mol. The van der Waals surface area contributed by atoms with Crippen molar-refractivity contribution in [2.75, 3.05) is 29.7 Å². The van der Waals surface area contributed by atoms with Crippen molar-refractivity contribution in [2.24, 2.45) is 10.2 Å². The van der Waals surface area contributed by atoms with Crippen LogP contribution >= 0.6 is 11.9 Å². The van der Waals surface area contributed by atoms with E-state index >= 15 is 0 Å². The number of anilines is 1. The Hall–Kier alpha value is -3.10. The van der Waals surface area contributed by atoms with E-state index in [4.69, 9.17) is 0 Å². The normalized spacial score (nSPS) is 16.5. The van der Waals surface area contributed by atoms with E-state index in [1.54, 1.807) is 12.1 Å².